The van der Waals surface area contributed by atoms with Crippen LogP contribution in [0.5, 0.6) is 0 Å². The molecule has 0 spiro atoms. The van der Waals surface area contributed by atoms with E-state index in [1.54, 1.807) is 18.7 Å². The fraction of sp³-hybridized carbons (Fsp3) is 0.368. The summed E-state index contributed by atoms with van der Waals surface area (Å²) in [4.78, 5) is 20.9. The molecule has 0 saturated carbocycles. The average Bonchev–Trinajstić information content (AvgIpc) is 3.38. The summed E-state index contributed by atoms with van der Waals surface area (Å²) in [5.74, 6) is 1.98. The zero-order valence-corrected chi connectivity index (χ0v) is 16.5. The molecule has 9 heteroatoms. The minimum absolute atomic E-state index is 0.133. The van der Waals surface area contributed by atoms with Gasteiger partial charge in [0, 0.05) is 44.1 Å². The van der Waals surface area contributed by atoms with Crippen molar-refractivity contribution in [1.82, 2.24) is 29.5 Å². The molecule has 1 aliphatic heterocycles. The van der Waals surface area contributed by atoms with E-state index >= 15 is 0 Å². The van der Waals surface area contributed by atoms with Crippen LogP contribution < -0.4 is 0 Å². The number of likely N-dealkylation sites (N-methyl/N-ethyl adjacent to an activating group) is 1. The average molecular weight is 398 g/mol. The molecular weight excluding hydrogens is 376 g/mol. The van der Waals surface area contributed by atoms with Crippen LogP contribution in [0.3, 0.4) is 0 Å². The number of hydrogen-bond donors (Lipinski definition) is 0. The van der Waals surface area contributed by atoms with Crippen LogP contribution >= 0.6 is 11.8 Å². The van der Waals surface area contributed by atoms with Crippen molar-refractivity contribution in [3.05, 3.63) is 48.7 Å². The maximum absolute atomic E-state index is 12.6. The van der Waals surface area contributed by atoms with Crippen molar-refractivity contribution in [3.8, 4) is 11.4 Å². The number of amides is 1. The fourth-order valence-corrected chi connectivity index (χ4v) is 3.92. The molecule has 0 radical (unpaired) electrons. The van der Waals surface area contributed by atoms with E-state index in [9.17, 15) is 4.79 Å². The minimum atomic E-state index is 0.133. The largest absolute Gasteiger partial charge is 0.467 e. The second-order valence-corrected chi connectivity index (χ2v) is 7.63. The van der Waals surface area contributed by atoms with Crippen molar-refractivity contribution in [2.75, 3.05) is 39.0 Å². The number of pyridine rings is 1. The molecule has 1 aliphatic rings. The van der Waals surface area contributed by atoms with Gasteiger partial charge >= 0.3 is 0 Å². The molecule has 3 aromatic heterocycles. The number of rotatable bonds is 6. The Bertz CT molecular complexity index is 904. The highest BCUT2D eigenvalue weighted by molar-refractivity contribution is 7.99. The molecule has 3 aromatic rings. The fourth-order valence-electron chi connectivity index (χ4n) is 3.08. The Morgan fingerprint density at radius 3 is 2.75 bits per heavy atom. The topological polar surface area (TPSA) is 80.3 Å². The van der Waals surface area contributed by atoms with Crippen molar-refractivity contribution >= 4 is 17.7 Å². The van der Waals surface area contributed by atoms with Crippen LogP contribution in [-0.4, -0.2) is 74.4 Å². The summed E-state index contributed by atoms with van der Waals surface area (Å²) in [7, 11) is 2.08. The summed E-state index contributed by atoms with van der Waals surface area (Å²) in [6, 6.07) is 7.58. The van der Waals surface area contributed by atoms with Crippen LogP contribution in [0.4, 0.5) is 0 Å². The smallest absolute Gasteiger partial charge is 0.233 e. The van der Waals surface area contributed by atoms with E-state index in [1.807, 2.05) is 33.7 Å². The van der Waals surface area contributed by atoms with E-state index in [-0.39, 0.29) is 5.91 Å². The van der Waals surface area contributed by atoms with Crippen LogP contribution in [0.15, 0.2) is 52.5 Å². The van der Waals surface area contributed by atoms with Crippen molar-refractivity contribution in [2.24, 2.45) is 0 Å². The molecule has 0 unspecified atom stereocenters. The van der Waals surface area contributed by atoms with E-state index < -0.39 is 0 Å². The monoisotopic (exact) mass is 398 g/mol. The summed E-state index contributed by atoms with van der Waals surface area (Å²) in [6.45, 7) is 3.87. The van der Waals surface area contributed by atoms with Gasteiger partial charge in [0.25, 0.3) is 0 Å². The third-order valence-corrected chi connectivity index (χ3v) is 5.66. The van der Waals surface area contributed by atoms with Crippen LogP contribution in [0.25, 0.3) is 11.4 Å². The molecule has 4 rings (SSSR count). The molecule has 1 saturated heterocycles. The van der Waals surface area contributed by atoms with Gasteiger partial charge in [0.2, 0.25) is 5.91 Å². The Hall–Kier alpha value is -2.65. The first-order chi connectivity index (χ1) is 13.7. The molecule has 28 heavy (non-hydrogen) atoms. The highest BCUT2D eigenvalue weighted by atomic mass is 32.2. The highest BCUT2D eigenvalue weighted by Gasteiger charge is 2.21. The molecule has 146 valence electrons. The van der Waals surface area contributed by atoms with Crippen LogP contribution in [0, 0.1) is 0 Å². The summed E-state index contributed by atoms with van der Waals surface area (Å²) < 4.78 is 7.47. The molecule has 0 bridgehead atoms. The van der Waals surface area contributed by atoms with E-state index in [2.05, 4.69) is 27.1 Å². The molecule has 0 atom stereocenters. The maximum Gasteiger partial charge on any atom is 0.233 e. The summed E-state index contributed by atoms with van der Waals surface area (Å²) in [6.07, 6.45) is 5.13. The van der Waals surface area contributed by atoms with Crippen LogP contribution in [0.2, 0.25) is 0 Å². The van der Waals surface area contributed by atoms with Gasteiger partial charge in [-0.3, -0.25) is 14.3 Å². The van der Waals surface area contributed by atoms with Gasteiger partial charge in [-0.1, -0.05) is 11.8 Å². The second-order valence-electron chi connectivity index (χ2n) is 6.69. The molecule has 8 nitrogen and oxygen atoms in total. The molecule has 0 aliphatic carbocycles. The van der Waals surface area contributed by atoms with Gasteiger partial charge in [-0.15, -0.1) is 10.2 Å². The lowest BCUT2D eigenvalue weighted by Gasteiger charge is -2.32. The summed E-state index contributed by atoms with van der Waals surface area (Å²) >= 11 is 1.41. The maximum atomic E-state index is 12.6. The first kappa shape index (κ1) is 18.7. The lowest BCUT2D eigenvalue weighted by atomic mass is 10.2. The SMILES string of the molecule is CN1CCN(C(=O)CSc2nnc(-c3cccnc3)n2Cc2ccco2)CC1. The molecule has 0 N–H and O–H groups in total. The third-order valence-electron chi connectivity index (χ3n) is 4.71. The van der Waals surface area contributed by atoms with Crippen molar-refractivity contribution in [1.29, 1.82) is 0 Å². The first-order valence-electron chi connectivity index (χ1n) is 9.16. The Morgan fingerprint density at radius 1 is 1.18 bits per heavy atom. The van der Waals surface area contributed by atoms with E-state index in [0.29, 0.717) is 23.3 Å². The molecule has 4 heterocycles. The standard InChI is InChI=1S/C19H22N6O2S/c1-23-7-9-24(10-8-23)17(26)14-28-19-22-21-18(15-4-2-6-20-12-15)25(19)13-16-5-3-11-27-16/h2-6,11-12H,7-10,13-14H2,1H3. The molecule has 1 amide bonds. The quantitative estimate of drug-likeness (QED) is 0.586. The lowest BCUT2D eigenvalue weighted by Crippen LogP contribution is -2.47. The van der Waals surface area contributed by atoms with Gasteiger partial charge in [0.05, 0.1) is 18.6 Å². The van der Waals surface area contributed by atoms with Crippen molar-refractivity contribution in [3.63, 3.8) is 0 Å². The summed E-state index contributed by atoms with van der Waals surface area (Å²) in [5.41, 5.74) is 0.874. The lowest BCUT2D eigenvalue weighted by molar-refractivity contribution is -0.129. The molecule has 1 fully saturated rings. The zero-order chi connectivity index (χ0) is 19.3. The van der Waals surface area contributed by atoms with Crippen molar-refractivity contribution < 1.29 is 9.21 Å². The first-order valence-corrected chi connectivity index (χ1v) is 10.1. The normalized spacial score (nSPS) is 15.1. The number of hydrogen-bond acceptors (Lipinski definition) is 7. The van der Waals surface area contributed by atoms with Gasteiger partial charge in [-0.2, -0.15) is 0 Å². The van der Waals surface area contributed by atoms with Gasteiger partial charge < -0.3 is 14.2 Å². The summed E-state index contributed by atoms with van der Waals surface area (Å²) in [5, 5.41) is 9.37. The number of thioether (sulfide) groups is 1. The highest BCUT2D eigenvalue weighted by Crippen LogP contribution is 2.25. The Labute approximate surface area is 167 Å². The second kappa shape index (κ2) is 8.57. The van der Waals surface area contributed by atoms with E-state index in [0.717, 1.165) is 37.5 Å². The Balaban J connectivity index is 1.51. The Morgan fingerprint density at radius 2 is 2.04 bits per heavy atom. The van der Waals surface area contributed by atoms with E-state index in [1.165, 1.54) is 11.8 Å². The van der Waals surface area contributed by atoms with Crippen molar-refractivity contribution in [2.45, 2.75) is 11.7 Å². The van der Waals surface area contributed by atoms with Gasteiger partial charge in [0.15, 0.2) is 11.0 Å². The van der Waals surface area contributed by atoms with Crippen LogP contribution in [-0.2, 0) is 11.3 Å². The van der Waals surface area contributed by atoms with E-state index in [4.69, 9.17) is 4.42 Å². The molecule has 0 aromatic carbocycles. The third kappa shape index (κ3) is 4.26. The number of carbonyl (C=O) groups excluding carboxylic acids is 1. The number of nitrogens with zero attached hydrogens (tertiary/aromatic N) is 6. The predicted molar refractivity (Wildman–Crippen MR) is 106 cm³/mol. The number of aromatic nitrogens is 4. The van der Waals surface area contributed by atoms with Gasteiger partial charge in [-0.25, -0.2) is 0 Å². The van der Waals surface area contributed by atoms with Crippen LogP contribution in [0.1, 0.15) is 5.76 Å². The number of piperazine rings is 1. The predicted octanol–water partition coefficient (Wildman–Crippen LogP) is 1.85. The minimum Gasteiger partial charge on any atom is -0.467 e. The van der Waals surface area contributed by atoms with Gasteiger partial charge in [-0.05, 0) is 31.3 Å². The number of furan rings is 1. The zero-order valence-electron chi connectivity index (χ0n) is 15.7. The van der Waals surface area contributed by atoms with Gasteiger partial charge in [0.1, 0.15) is 5.76 Å². The Kier molecular flexibility index (Phi) is 5.73. The molecular formula is C19H22N6O2S. The number of carbonyl (C=O) groups is 1.